The molecular formula is C13H18N4O. The van der Waals surface area contributed by atoms with Crippen LogP contribution in [-0.2, 0) is 11.3 Å². The molecule has 0 spiro atoms. The van der Waals surface area contributed by atoms with Gasteiger partial charge in [-0.05, 0) is 31.5 Å². The Morgan fingerprint density at radius 2 is 2.33 bits per heavy atom. The van der Waals surface area contributed by atoms with Crippen LogP contribution in [0.25, 0.3) is 11.0 Å². The van der Waals surface area contributed by atoms with Gasteiger partial charge in [-0.1, -0.05) is 0 Å². The van der Waals surface area contributed by atoms with Crippen molar-refractivity contribution in [3.63, 3.8) is 0 Å². The average Bonchev–Trinajstić information content (AvgIpc) is 2.72. The van der Waals surface area contributed by atoms with Gasteiger partial charge in [0.15, 0.2) is 0 Å². The first kappa shape index (κ1) is 12.6. The van der Waals surface area contributed by atoms with Crippen molar-refractivity contribution in [2.45, 2.75) is 26.4 Å². The lowest BCUT2D eigenvalue weighted by Crippen LogP contribution is -2.37. The lowest BCUT2D eigenvalue weighted by atomic mass is 10.2. The highest BCUT2D eigenvalue weighted by Crippen LogP contribution is 2.14. The van der Waals surface area contributed by atoms with E-state index >= 15 is 0 Å². The fraction of sp³-hybridized carbons (Fsp3) is 0.385. The molecule has 0 bridgehead atoms. The number of H-pyrrole nitrogens is 1. The van der Waals surface area contributed by atoms with Crippen LogP contribution < -0.4 is 10.6 Å². The zero-order chi connectivity index (χ0) is 13.0. The van der Waals surface area contributed by atoms with Crippen molar-refractivity contribution in [3.8, 4) is 0 Å². The van der Waals surface area contributed by atoms with Crippen LogP contribution in [0.3, 0.4) is 0 Å². The molecule has 0 aliphatic carbocycles. The number of amides is 1. The molecule has 2 aromatic rings. The zero-order valence-electron chi connectivity index (χ0n) is 10.7. The van der Waals surface area contributed by atoms with E-state index in [2.05, 4.69) is 20.6 Å². The number of aromatic amines is 1. The summed E-state index contributed by atoms with van der Waals surface area (Å²) in [7, 11) is 0. The number of carbonyl (C=O) groups is 1. The van der Waals surface area contributed by atoms with Crippen molar-refractivity contribution in [1.29, 1.82) is 0 Å². The molecule has 0 aliphatic rings. The lowest BCUT2D eigenvalue weighted by Gasteiger charge is -2.08. The Morgan fingerprint density at radius 3 is 3.11 bits per heavy atom. The fourth-order valence-corrected chi connectivity index (χ4v) is 1.84. The number of rotatable bonds is 5. The van der Waals surface area contributed by atoms with Crippen LogP contribution in [0.2, 0.25) is 0 Å². The number of hydrogen-bond acceptors (Lipinski definition) is 3. The quantitative estimate of drug-likeness (QED) is 0.742. The van der Waals surface area contributed by atoms with Crippen molar-refractivity contribution >= 4 is 16.9 Å². The van der Waals surface area contributed by atoms with Crippen LogP contribution in [-0.4, -0.2) is 28.5 Å². The summed E-state index contributed by atoms with van der Waals surface area (Å²) >= 11 is 0. The largest absolute Gasteiger partial charge is 0.353 e. The molecule has 0 aromatic carbocycles. The van der Waals surface area contributed by atoms with E-state index in [1.807, 2.05) is 32.2 Å². The zero-order valence-corrected chi connectivity index (χ0v) is 10.7. The van der Waals surface area contributed by atoms with Gasteiger partial charge in [0.1, 0.15) is 5.65 Å². The molecule has 96 valence electrons. The Labute approximate surface area is 106 Å². The summed E-state index contributed by atoms with van der Waals surface area (Å²) in [4.78, 5) is 18.8. The Hall–Kier alpha value is -1.88. The van der Waals surface area contributed by atoms with Gasteiger partial charge in [0.05, 0.1) is 6.54 Å². The summed E-state index contributed by atoms with van der Waals surface area (Å²) in [5, 5.41) is 7.06. The molecule has 3 N–H and O–H groups in total. The summed E-state index contributed by atoms with van der Waals surface area (Å²) < 4.78 is 0. The van der Waals surface area contributed by atoms with Crippen molar-refractivity contribution in [1.82, 2.24) is 20.6 Å². The second-order valence-corrected chi connectivity index (χ2v) is 4.54. The van der Waals surface area contributed by atoms with Crippen LogP contribution in [0.1, 0.15) is 19.4 Å². The van der Waals surface area contributed by atoms with E-state index in [0.717, 1.165) is 16.6 Å². The number of hydrogen-bond donors (Lipinski definition) is 3. The summed E-state index contributed by atoms with van der Waals surface area (Å²) in [6, 6.07) is 4.10. The van der Waals surface area contributed by atoms with Gasteiger partial charge in [-0.25, -0.2) is 4.98 Å². The van der Waals surface area contributed by atoms with Crippen molar-refractivity contribution in [2.24, 2.45) is 0 Å². The van der Waals surface area contributed by atoms with E-state index in [1.54, 1.807) is 6.20 Å². The molecule has 5 nitrogen and oxygen atoms in total. The van der Waals surface area contributed by atoms with Gasteiger partial charge in [0, 0.05) is 30.4 Å². The monoisotopic (exact) mass is 246 g/mol. The minimum Gasteiger partial charge on any atom is -0.353 e. The Kier molecular flexibility index (Phi) is 3.94. The maximum atomic E-state index is 11.5. The van der Waals surface area contributed by atoms with E-state index in [-0.39, 0.29) is 11.9 Å². The Morgan fingerprint density at radius 1 is 1.50 bits per heavy atom. The first-order chi connectivity index (χ1) is 8.66. The highest BCUT2D eigenvalue weighted by Gasteiger charge is 2.05. The van der Waals surface area contributed by atoms with Crippen LogP contribution in [0, 0.1) is 0 Å². The third-order valence-corrected chi connectivity index (χ3v) is 2.59. The highest BCUT2D eigenvalue weighted by molar-refractivity contribution is 5.80. The molecule has 0 radical (unpaired) electrons. The first-order valence-corrected chi connectivity index (χ1v) is 6.08. The van der Waals surface area contributed by atoms with Crippen molar-refractivity contribution < 1.29 is 4.79 Å². The maximum Gasteiger partial charge on any atom is 0.234 e. The third-order valence-electron chi connectivity index (χ3n) is 2.59. The third kappa shape index (κ3) is 3.07. The summed E-state index contributed by atoms with van der Waals surface area (Å²) in [5.74, 6) is 0.0166. The number of nitrogens with one attached hydrogen (secondary N) is 3. The molecule has 5 heteroatoms. The van der Waals surface area contributed by atoms with Crippen LogP contribution >= 0.6 is 0 Å². The molecule has 0 saturated heterocycles. The number of nitrogens with zero attached hydrogens (tertiary/aromatic N) is 1. The summed E-state index contributed by atoms with van der Waals surface area (Å²) in [5.41, 5.74) is 2.00. The number of carbonyl (C=O) groups excluding carboxylic acids is 1. The van der Waals surface area contributed by atoms with Gasteiger partial charge in [-0.2, -0.15) is 0 Å². The number of aromatic nitrogens is 2. The molecule has 0 fully saturated rings. The van der Waals surface area contributed by atoms with Crippen LogP contribution in [0.4, 0.5) is 0 Å². The van der Waals surface area contributed by atoms with E-state index in [0.29, 0.717) is 13.1 Å². The molecule has 2 rings (SSSR count). The molecule has 1 amide bonds. The number of pyridine rings is 1. The van der Waals surface area contributed by atoms with Crippen LogP contribution in [0.5, 0.6) is 0 Å². The predicted molar refractivity (Wildman–Crippen MR) is 71.1 cm³/mol. The van der Waals surface area contributed by atoms with Gasteiger partial charge >= 0.3 is 0 Å². The van der Waals surface area contributed by atoms with Crippen molar-refractivity contribution in [3.05, 3.63) is 30.1 Å². The van der Waals surface area contributed by atoms with Crippen molar-refractivity contribution in [2.75, 3.05) is 6.54 Å². The Balaban J connectivity index is 1.89. The van der Waals surface area contributed by atoms with Gasteiger partial charge in [-0.15, -0.1) is 0 Å². The van der Waals surface area contributed by atoms with Gasteiger partial charge in [-0.3, -0.25) is 4.79 Å². The molecule has 2 aromatic heterocycles. The fourth-order valence-electron chi connectivity index (χ4n) is 1.84. The number of fused-ring (bicyclic) bond motifs is 1. The minimum atomic E-state index is 0.0166. The smallest absolute Gasteiger partial charge is 0.234 e. The highest BCUT2D eigenvalue weighted by atomic mass is 16.1. The van der Waals surface area contributed by atoms with Gasteiger partial charge < -0.3 is 15.6 Å². The molecular weight excluding hydrogens is 228 g/mol. The SMILES string of the molecule is CC(C)NC(=O)CNCc1c[nH]c2ncccc12. The molecule has 0 unspecified atom stereocenters. The Bertz CT molecular complexity index is 533. The molecule has 0 atom stereocenters. The van der Waals surface area contributed by atoms with E-state index < -0.39 is 0 Å². The van der Waals surface area contributed by atoms with E-state index in [4.69, 9.17) is 0 Å². The second-order valence-electron chi connectivity index (χ2n) is 4.54. The first-order valence-electron chi connectivity index (χ1n) is 6.08. The minimum absolute atomic E-state index is 0.0166. The molecule has 0 saturated carbocycles. The molecule has 0 aliphatic heterocycles. The lowest BCUT2D eigenvalue weighted by molar-refractivity contribution is -0.120. The normalized spacial score (nSPS) is 11.1. The van der Waals surface area contributed by atoms with E-state index in [1.165, 1.54) is 0 Å². The van der Waals surface area contributed by atoms with Crippen LogP contribution in [0.15, 0.2) is 24.5 Å². The molecule has 18 heavy (non-hydrogen) atoms. The second kappa shape index (κ2) is 5.64. The van der Waals surface area contributed by atoms with Gasteiger partial charge in [0.2, 0.25) is 5.91 Å². The maximum absolute atomic E-state index is 11.5. The average molecular weight is 246 g/mol. The summed E-state index contributed by atoms with van der Waals surface area (Å²) in [6.07, 6.45) is 3.68. The standard InChI is InChI=1S/C13H18N4O/c1-9(2)17-12(18)8-14-6-10-7-16-13-11(10)4-3-5-15-13/h3-5,7,9,14H,6,8H2,1-2H3,(H,15,16)(H,17,18). The van der Waals surface area contributed by atoms with Gasteiger partial charge in [0.25, 0.3) is 0 Å². The van der Waals surface area contributed by atoms with E-state index in [9.17, 15) is 4.79 Å². The topological polar surface area (TPSA) is 69.8 Å². The predicted octanol–water partition coefficient (Wildman–Crippen LogP) is 1.18. The molecule has 2 heterocycles. The summed E-state index contributed by atoms with van der Waals surface area (Å²) in [6.45, 7) is 4.87.